The smallest absolute Gasteiger partial charge is 0.288 e. The van der Waals surface area contributed by atoms with Crippen LogP contribution in [0.1, 0.15) is 5.56 Å². The Bertz CT molecular complexity index is 352. The average molecular weight is 201 g/mol. The Kier molecular flexibility index (Phi) is 2.72. The van der Waals surface area contributed by atoms with Gasteiger partial charge in [0.05, 0.1) is 4.92 Å². The van der Waals surface area contributed by atoms with Crippen LogP contribution >= 0.6 is 11.6 Å². The lowest BCUT2D eigenvalue weighted by Crippen LogP contribution is -1.95. The second-order valence-corrected chi connectivity index (χ2v) is 3.03. The molecule has 0 spiro atoms. The number of hydrogen-bond donors (Lipinski definition) is 1. The van der Waals surface area contributed by atoms with Crippen molar-refractivity contribution >= 4 is 23.0 Å². The number of halogens is 1. The van der Waals surface area contributed by atoms with Crippen LogP contribution in [0.5, 0.6) is 0 Å². The van der Waals surface area contributed by atoms with Crippen molar-refractivity contribution in [3.8, 4) is 0 Å². The normalized spacial score (nSPS) is 9.77. The summed E-state index contributed by atoms with van der Waals surface area (Å²) in [4.78, 5) is 9.98. The first kappa shape index (κ1) is 9.80. The topological polar surface area (TPSA) is 55.2 Å². The second kappa shape index (κ2) is 3.62. The molecule has 5 heteroatoms. The lowest BCUT2D eigenvalue weighted by molar-refractivity contribution is -0.384. The third-order valence-corrected chi connectivity index (χ3v) is 2.06. The van der Waals surface area contributed by atoms with Crippen LogP contribution in [0.4, 0.5) is 11.4 Å². The van der Waals surface area contributed by atoms with Crippen molar-refractivity contribution in [3.05, 3.63) is 32.8 Å². The molecule has 1 aromatic rings. The molecule has 0 atom stereocenters. The summed E-state index contributed by atoms with van der Waals surface area (Å²) in [7, 11) is 1.74. The number of anilines is 1. The van der Waals surface area contributed by atoms with Crippen LogP contribution in [0.25, 0.3) is 0 Å². The summed E-state index contributed by atoms with van der Waals surface area (Å²) >= 11 is 5.69. The first-order chi connectivity index (χ1) is 6.06. The molecule has 0 aliphatic carbocycles. The maximum atomic E-state index is 10.5. The molecule has 0 aliphatic rings. The fourth-order valence-electron chi connectivity index (χ4n) is 1.08. The SMILES string of the molecule is CNc1cc(Cl)c([N+](=O)[O-])cc1C. The number of benzene rings is 1. The van der Waals surface area contributed by atoms with Gasteiger partial charge in [-0.3, -0.25) is 10.1 Å². The van der Waals surface area contributed by atoms with Crippen LogP contribution < -0.4 is 5.32 Å². The van der Waals surface area contributed by atoms with Crippen LogP contribution in [0.15, 0.2) is 12.1 Å². The van der Waals surface area contributed by atoms with Crippen LogP contribution in [0.2, 0.25) is 5.02 Å². The molecule has 0 unspecified atom stereocenters. The van der Waals surface area contributed by atoms with Crippen molar-refractivity contribution in [2.24, 2.45) is 0 Å². The molecule has 1 rings (SSSR count). The number of rotatable bonds is 2. The molecular formula is C8H9ClN2O2. The zero-order chi connectivity index (χ0) is 10.0. The third-order valence-electron chi connectivity index (χ3n) is 1.76. The van der Waals surface area contributed by atoms with Gasteiger partial charge >= 0.3 is 0 Å². The highest BCUT2D eigenvalue weighted by Crippen LogP contribution is 2.29. The van der Waals surface area contributed by atoms with E-state index < -0.39 is 4.92 Å². The van der Waals surface area contributed by atoms with Gasteiger partial charge in [0.1, 0.15) is 5.02 Å². The summed E-state index contributed by atoms with van der Waals surface area (Å²) in [6, 6.07) is 3.00. The molecule has 0 radical (unpaired) electrons. The van der Waals surface area contributed by atoms with Gasteiger partial charge in [-0.2, -0.15) is 0 Å². The molecule has 70 valence electrons. The highest BCUT2D eigenvalue weighted by atomic mass is 35.5. The molecule has 0 aromatic heterocycles. The number of aryl methyl sites for hydroxylation is 1. The van der Waals surface area contributed by atoms with E-state index in [2.05, 4.69) is 5.32 Å². The molecule has 0 fully saturated rings. The van der Waals surface area contributed by atoms with E-state index in [1.54, 1.807) is 20.0 Å². The largest absolute Gasteiger partial charge is 0.388 e. The summed E-state index contributed by atoms with van der Waals surface area (Å²) in [5.74, 6) is 0. The molecule has 0 bridgehead atoms. The van der Waals surface area contributed by atoms with E-state index in [4.69, 9.17) is 11.6 Å². The van der Waals surface area contributed by atoms with Crippen LogP contribution in [-0.4, -0.2) is 12.0 Å². The molecule has 0 amide bonds. The Morgan fingerprint density at radius 2 is 2.15 bits per heavy atom. The minimum absolute atomic E-state index is 0.0573. The highest BCUT2D eigenvalue weighted by molar-refractivity contribution is 6.33. The fraction of sp³-hybridized carbons (Fsp3) is 0.250. The van der Waals surface area contributed by atoms with Gasteiger partial charge in [-0.25, -0.2) is 0 Å². The Balaban J connectivity index is 3.28. The molecule has 1 aromatic carbocycles. The van der Waals surface area contributed by atoms with E-state index in [1.807, 2.05) is 0 Å². The number of nitro benzene ring substituents is 1. The Morgan fingerprint density at radius 1 is 1.54 bits per heavy atom. The first-order valence-electron chi connectivity index (χ1n) is 3.68. The molecular weight excluding hydrogens is 192 g/mol. The summed E-state index contributed by atoms with van der Waals surface area (Å²) in [6.07, 6.45) is 0. The Labute approximate surface area is 80.7 Å². The van der Waals surface area contributed by atoms with Crippen molar-refractivity contribution in [1.29, 1.82) is 0 Å². The third kappa shape index (κ3) is 1.89. The van der Waals surface area contributed by atoms with E-state index in [-0.39, 0.29) is 10.7 Å². The van der Waals surface area contributed by atoms with Crippen molar-refractivity contribution in [2.75, 3.05) is 12.4 Å². The minimum atomic E-state index is -0.491. The average Bonchev–Trinajstić information content (AvgIpc) is 2.07. The van der Waals surface area contributed by atoms with E-state index >= 15 is 0 Å². The highest BCUT2D eigenvalue weighted by Gasteiger charge is 2.13. The number of nitrogens with one attached hydrogen (secondary N) is 1. The molecule has 0 saturated carbocycles. The van der Waals surface area contributed by atoms with E-state index in [1.165, 1.54) is 6.07 Å². The lowest BCUT2D eigenvalue weighted by atomic mass is 10.2. The summed E-state index contributed by atoms with van der Waals surface area (Å²) in [5, 5.41) is 13.5. The van der Waals surface area contributed by atoms with E-state index in [9.17, 15) is 10.1 Å². The number of hydrogen-bond acceptors (Lipinski definition) is 3. The number of nitro groups is 1. The Morgan fingerprint density at radius 3 is 2.62 bits per heavy atom. The van der Waals surface area contributed by atoms with Crippen LogP contribution in [0, 0.1) is 17.0 Å². The van der Waals surface area contributed by atoms with Gasteiger partial charge in [0, 0.05) is 18.8 Å². The fourth-order valence-corrected chi connectivity index (χ4v) is 1.31. The van der Waals surface area contributed by atoms with Gasteiger partial charge in [-0.05, 0) is 18.6 Å². The molecule has 4 nitrogen and oxygen atoms in total. The van der Waals surface area contributed by atoms with Crippen molar-refractivity contribution in [1.82, 2.24) is 0 Å². The van der Waals surface area contributed by atoms with Crippen LogP contribution in [0.3, 0.4) is 0 Å². The van der Waals surface area contributed by atoms with Crippen molar-refractivity contribution in [2.45, 2.75) is 6.92 Å². The van der Waals surface area contributed by atoms with Crippen molar-refractivity contribution in [3.63, 3.8) is 0 Å². The maximum absolute atomic E-state index is 10.5. The summed E-state index contributed by atoms with van der Waals surface area (Å²) in [6.45, 7) is 1.79. The lowest BCUT2D eigenvalue weighted by Gasteiger charge is -2.05. The van der Waals surface area contributed by atoms with Gasteiger partial charge in [-0.1, -0.05) is 11.6 Å². The standard InChI is InChI=1S/C8H9ClN2O2/c1-5-3-8(11(12)13)6(9)4-7(5)10-2/h3-4,10H,1-2H3. The predicted octanol–water partition coefficient (Wildman–Crippen LogP) is 2.60. The van der Waals surface area contributed by atoms with Gasteiger partial charge in [0.25, 0.3) is 5.69 Å². The molecule has 1 N–H and O–H groups in total. The van der Waals surface area contributed by atoms with E-state index in [0.717, 1.165) is 11.3 Å². The molecule has 13 heavy (non-hydrogen) atoms. The van der Waals surface area contributed by atoms with Gasteiger partial charge < -0.3 is 5.32 Å². The number of nitrogens with zero attached hydrogens (tertiary/aromatic N) is 1. The minimum Gasteiger partial charge on any atom is -0.388 e. The maximum Gasteiger partial charge on any atom is 0.288 e. The predicted molar refractivity (Wildman–Crippen MR) is 52.4 cm³/mol. The van der Waals surface area contributed by atoms with Gasteiger partial charge in [0.2, 0.25) is 0 Å². The monoisotopic (exact) mass is 200 g/mol. The Hall–Kier alpha value is -1.29. The van der Waals surface area contributed by atoms with Crippen molar-refractivity contribution < 1.29 is 4.92 Å². The zero-order valence-electron chi connectivity index (χ0n) is 7.30. The quantitative estimate of drug-likeness (QED) is 0.590. The molecule has 0 aliphatic heterocycles. The zero-order valence-corrected chi connectivity index (χ0v) is 8.05. The van der Waals surface area contributed by atoms with Gasteiger partial charge in [0.15, 0.2) is 0 Å². The summed E-state index contributed by atoms with van der Waals surface area (Å²) < 4.78 is 0. The van der Waals surface area contributed by atoms with Gasteiger partial charge in [-0.15, -0.1) is 0 Å². The van der Waals surface area contributed by atoms with E-state index in [0.29, 0.717) is 0 Å². The van der Waals surface area contributed by atoms with Crippen LogP contribution in [-0.2, 0) is 0 Å². The second-order valence-electron chi connectivity index (χ2n) is 2.63. The molecule has 0 saturated heterocycles. The summed E-state index contributed by atoms with van der Waals surface area (Å²) in [5.41, 5.74) is 1.55. The first-order valence-corrected chi connectivity index (χ1v) is 4.06. The molecule has 0 heterocycles.